The smallest absolute Gasteiger partial charge is 0.249 e. The number of ketones is 1. The van der Waals surface area contributed by atoms with Gasteiger partial charge in [0.15, 0.2) is 11.6 Å². The molecule has 168 valence electrons. The van der Waals surface area contributed by atoms with E-state index in [2.05, 4.69) is 15.5 Å². The molecule has 4 rings (SSSR count). The van der Waals surface area contributed by atoms with Crippen molar-refractivity contribution in [3.05, 3.63) is 59.5 Å². The van der Waals surface area contributed by atoms with Gasteiger partial charge in [0.1, 0.15) is 16.6 Å². The van der Waals surface area contributed by atoms with Crippen molar-refractivity contribution in [2.24, 2.45) is 7.05 Å². The molecule has 1 aromatic carbocycles. The average molecular weight is 458 g/mol. The molecule has 3 aromatic rings. The summed E-state index contributed by atoms with van der Waals surface area (Å²) in [6.07, 6.45) is 4.21. The Kier molecular flexibility index (Phi) is 5.70. The van der Waals surface area contributed by atoms with Gasteiger partial charge in [0.05, 0.1) is 0 Å². The number of amides is 1. The highest BCUT2D eigenvalue weighted by Crippen LogP contribution is 2.30. The molecular formula is C21H23N5O5S. The Labute approximate surface area is 185 Å². The Balaban J connectivity index is 1.50. The highest BCUT2D eigenvalue weighted by Gasteiger charge is 2.41. The Morgan fingerprint density at radius 3 is 2.50 bits per heavy atom. The van der Waals surface area contributed by atoms with Crippen LogP contribution in [0, 0.1) is 13.8 Å². The summed E-state index contributed by atoms with van der Waals surface area (Å²) in [6.45, 7) is 3.33. The molecule has 0 saturated carbocycles. The maximum atomic E-state index is 13.2. The average Bonchev–Trinajstić information content (AvgIpc) is 3.48. The van der Waals surface area contributed by atoms with Crippen molar-refractivity contribution >= 4 is 27.4 Å². The van der Waals surface area contributed by atoms with Crippen LogP contribution < -0.4 is 5.32 Å². The molecule has 0 radical (unpaired) electrons. The van der Waals surface area contributed by atoms with Crippen LogP contribution in [0.2, 0.25) is 0 Å². The van der Waals surface area contributed by atoms with Gasteiger partial charge in [-0.25, -0.2) is 13.4 Å². The molecule has 32 heavy (non-hydrogen) atoms. The highest BCUT2D eigenvalue weighted by atomic mass is 32.2. The van der Waals surface area contributed by atoms with Crippen LogP contribution in [0.15, 0.2) is 46.1 Å². The van der Waals surface area contributed by atoms with Crippen molar-refractivity contribution < 1.29 is 22.5 Å². The number of hydrogen-bond donors (Lipinski definition) is 1. The van der Waals surface area contributed by atoms with E-state index in [4.69, 9.17) is 4.52 Å². The fourth-order valence-electron chi connectivity index (χ4n) is 3.89. The minimum absolute atomic E-state index is 0.00866. The fourth-order valence-corrected chi connectivity index (χ4v) is 5.85. The molecular weight excluding hydrogens is 434 g/mol. The second kappa shape index (κ2) is 8.32. The summed E-state index contributed by atoms with van der Waals surface area (Å²) in [5.41, 5.74) is 1.16. The number of hydrogen-bond acceptors (Lipinski definition) is 7. The van der Waals surface area contributed by atoms with E-state index >= 15 is 0 Å². The first-order valence-corrected chi connectivity index (χ1v) is 11.5. The first-order chi connectivity index (χ1) is 15.2. The fraction of sp³-hybridized carbons (Fsp3) is 0.333. The minimum atomic E-state index is -3.93. The summed E-state index contributed by atoms with van der Waals surface area (Å²) in [7, 11) is -2.19. The van der Waals surface area contributed by atoms with Crippen LogP contribution in [0.4, 0.5) is 5.69 Å². The van der Waals surface area contributed by atoms with Crippen LogP contribution in [0.5, 0.6) is 0 Å². The molecule has 1 amide bonds. The van der Waals surface area contributed by atoms with Gasteiger partial charge < -0.3 is 14.4 Å². The normalized spacial score (nSPS) is 16.9. The van der Waals surface area contributed by atoms with Crippen molar-refractivity contribution in [2.45, 2.75) is 37.6 Å². The van der Waals surface area contributed by atoms with Gasteiger partial charge in [-0.15, -0.1) is 0 Å². The van der Waals surface area contributed by atoms with Crippen LogP contribution in [0.1, 0.15) is 40.5 Å². The van der Waals surface area contributed by atoms with Gasteiger partial charge in [0.25, 0.3) is 0 Å². The molecule has 1 aliphatic rings. The molecule has 1 aliphatic heterocycles. The first kappa shape index (κ1) is 21.9. The maximum Gasteiger partial charge on any atom is 0.249 e. The summed E-state index contributed by atoms with van der Waals surface area (Å²) in [6, 6.07) is 5.56. The summed E-state index contributed by atoms with van der Waals surface area (Å²) < 4.78 is 34.2. The monoisotopic (exact) mass is 457 g/mol. The lowest BCUT2D eigenvalue weighted by Gasteiger charge is -2.23. The maximum absolute atomic E-state index is 13.2. The number of anilines is 1. The van der Waals surface area contributed by atoms with Crippen molar-refractivity contribution in [1.82, 2.24) is 19.0 Å². The second-order valence-corrected chi connectivity index (χ2v) is 9.51. The largest absolute Gasteiger partial charge is 0.360 e. The molecule has 3 heterocycles. The van der Waals surface area contributed by atoms with E-state index in [1.54, 1.807) is 55.2 Å². The molecule has 1 saturated heterocycles. The van der Waals surface area contributed by atoms with Gasteiger partial charge in [-0.05, 0) is 51.0 Å². The predicted molar refractivity (Wildman–Crippen MR) is 115 cm³/mol. The van der Waals surface area contributed by atoms with E-state index in [-0.39, 0.29) is 28.7 Å². The summed E-state index contributed by atoms with van der Waals surface area (Å²) in [5.74, 6) is -0.154. The third-order valence-electron chi connectivity index (χ3n) is 5.48. The van der Waals surface area contributed by atoms with Crippen molar-refractivity contribution in [1.29, 1.82) is 0 Å². The van der Waals surface area contributed by atoms with Gasteiger partial charge >= 0.3 is 0 Å². The lowest BCUT2D eigenvalue weighted by atomic mass is 10.1. The van der Waals surface area contributed by atoms with Gasteiger partial charge in [-0.2, -0.15) is 4.31 Å². The quantitative estimate of drug-likeness (QED) is 0.561. The molecule has 2 aromatic heterocycles. The number of aryl methyl sites for hydroxylation is 3. The number of carbonyl (C=O) groups excluding carboxylic acids is 2. The molecule has 11 heteroatoms. The number of nitrogens with one attached hydrogen (secondary N) is 1. The molecule has 0 bridgehead atoms. The SMILES string of the molecule is Cc1noc(C)c1S(=O)(=O)N1CCC[C@H]1C(=O)Nc1ccc(C(=O)c2nccn2C)cc1. The third kappa shape index (κ3) is 3.84. The van der Waals surface area contributed by atoms with Crippen LogP contribution in [-0.4, -0.2) is 51.7 Å². The third-order valence-corrected chi connectivity index (χ3v) is 7.63. The van der Waals surface area contributed by atoms with Crippen molar-refractivity contribution in [2.75, 3.05) is 11.9 Å². The Hall–Kier alpha value is -3.31. The summed E-state index contributed by atoms with van der Waals surface area (Å²) >= 11 is 0. The number of sulfonamides is 1. The Morgan fingerprint density at radius 1 is 1.19 bits per heavy atom. The van der Waals surface area contributed by atoms with E-state index in [0.717, 1.165) is 0 Å². The first-order valence-electron chi connectivity index (χ1n) is 10.1. The minimum Gasteiger partial charge on any atom is -0.360 e. The van der Waals surface area contributed by atoms with E-state index in [0.29, 0.717) is 29.9 Å². The number of aromatic nitrogens is 3. The van der Waals surface area contributed by atoms with Gasteiger partial charge in [-0.3, -0.25) is 9.59 Å². The van der Waals surface area contributed by atoms with E-state index in [9.17, 15) is 18.0 Å². The highest BCUT2D eigenvalue weighted by molar-refractivity contribution is 7.89. The molecule has 1 fully saturated rings. The molecule has 0 unspecified atom stereocenters. The Bertz CT molecular complexity index is 1260. The van der Waals surface area contributed by atoms with Crippen LogP contribution >= 0.6 is 0 Å². The topological polar surface area (TPSA) is 127 Å². The second-order valence-electron chi connectivity index (χ2n) is 7.68. The van der Waals surface area contributed by atoms with Crippen LogP contribution in [-0.2, 0) is 21.9 Å². The number of rotatable bonds is 6. The van der Waals surface area contributed by atoms with E-state index in [1.165, 1.54) is 11.2 Å². The summed E-state index contributed by atoms with van der Waals surface area (Å²) in [4.78, 5) is 29.5. The standard InChI is InChI=1S/C21H23N5O5S/c1-13-19(14(2)31-24-13)32(29,30)26-11-4-5-17(26)21(28)23-16-8-6-15(7-9-16)18(27)20-22-10-12-25(20)3/h6-10,12,17H,4-5,11H2,1-3H3,(H,23,28)/t17-/m0/s1. The zero-order chi connectivity index (χ0) is 23.0. The van der Waals surface area contributed by atoms with E-state index in [1.807, 2.05) is 0 Å². The van der Waals surface area contributed by atoms with Crippen LogP contribution in [0.25, 0.3) is 0 Å². The van der Waals surface area contributed by atoms with E-state index < -0.39 is 22.0 Å². The van der Waals surface area contributed by atoms with Gasteiger partial charge in [0.2, 0.25) is 21.7 Å². The number of carbonyl (C=O) groups is 2. The predicted octanol–water partition coefficient (Wildman–Crippen LogP) is 2.05. The Morgan fingerprint density at radius 2 is 1.91 bits per heavy atom. The summed E-state index contributed by atoms with van der Waals surface area (Å²) in [5, 5.41) is 6.48. The zero-order valence-electron chi connectivity index (χ0n) is 17.9. The number of nitrogens with zero attached hydrogens (tertiary/aromatic N) is 4. The van der Waals surface area contributed by atoms with Crippen LogP contribution in [0.3, 0.4) is 0 Å². The van der Waals surface area contributed by atoms with Crippen molar-refractivity contribution in [3.8, 4) is 0 Å². The molecule has 0 aliphatic carbocycles. The lowest BCUT2D eigenvalue weighted by molar-refractivity contribution is -0.119. The van der Waals surface area contributed by atoms with Gasteiger partial charge in [0, 0.05) is 37.2 Å². The number of imidazole rings is 1. The van der Waals surface area contributed by atoms with Crippen molar-refractivity contribution in [3.63, 3.8) is 0 Å². The molecule has 1 atom stereocenters. The lowest BCUT2D eigenvalue weighted by Crippen LogP contribution is -2.43. The molecule has 1 N–H and O–H groups in total. The molecule has 10 nitrogen and oxygen atoms in total. The number of benzene rings is 1. The van der Waals surface area contributed by atoms with Gasteiger partial charge in [-0.1, -0.05) is 5.16 Å². The molecule has 0 spiro atoms. The zero-order valence-corrected chi connectivity index (χ0v) is 18.7.